The maximum atomic E-state index is 14.1. The fourth-order valence-corrected chi connectivity index (χ4v) is 3.79. The van der Waals surface area contributed by atoms with Gasteiger partial charge < -0.3 is 9.84 Å². The predicted octanol–water partition coefficient (Wildman–Crippen LogP) is 5.08. The second-order valence-corrected chi connectivity index (χ2v) is 6.94. The number of carboxylic acid groups (broad SMARTS) is 1. The molecule has 1 atom stereocenters. The molecule has 0 fully saturated rings. The normalized spacial score (nSPS) is 15.5. The molecule has 0 bridgehead atoms. The summed E-state index contributed by atoms with van der Waals surface area (Å²) in [6, 6.07) is 14.1. The minimum absolute atomic E-state index is 0.257. The highest BCUT2D eigenvalue weighted by Gasteiger charge is 2.23. The lowest BCUT2D eigenvalue weighted by molar-refractivity contribution is 0.0695. The van der Waals surface area contributed by atoms with Gasteiger partial charge in [-0.3, -0.25) is 4.98 Å². The van der Waals surface area contributed by atoms with E-state index in [9.17, 15) is 14.3 Å². The van der Waals surface area contributed by atoms with Crippen molar-refractivity contribution >= 4 is 5.97 Å². The van der Waals surface area contributed by atoms with Crippen LogP contribution in [0.2, 0.25) is 0 Å². The fourth-order valence-electron chi connectivity index (χ4n) is 3.79. The first-order valence-electron chi connectivity index (χ1n) is 9.31. The topological polar surface area (TPSA) is 59.4 Å². The first-order valence-corrected chi connectivity index (χ1v) is 9.31. The van der Waals surface area contributed by atoms with E-state index in [-0.39, 0.29) is 11.7 Å². The largest absolute Gasteiger partial charge is 0.493 e. The molecule has 4 nitrogen and oxygen atoms in total. The number of rotatable bonds is 5. The first-order chi connectivity index (χ1) is 13.6. The van der Waals surface area contributed by atoms with E-state index >= 15 is 0 Å². The Morgan fingerprint density at radius 2 is 2.07 bits per heavy atom. The lowest BCUT2D eigenvalue weighted by atomic mass is 9.86. The molecule has 5 heteroatoms. The summed E-state index contributed by atoms with van der Waals surface area (Å²) in [6.45, 7) is 0.594. The Bertz CT molecular complexity index is 1020. The summed E-state index contributed by atoms with van der Waals surface area (Å²) < 4.78 is 19.9. The van der Waals surface area contributed by atoms with Gasteiger partial charge in [0.2, 0.25) is 0 Å². The molecule has 1 aliphatic rings. The standard InChI is InChI=1S/C23H20FNO3/c24-21-4-2-1-3-18(21)16-7-8-19-15(10-12-28-22(19)13-16)5-6-17-14-25-11-9-20(17)23(26)27/h1-4,7-9,11,13-15H,5-6,10,12H2,(H,26,27)/t15-/m1/s1. The van der Waals surface area contributed by atoms with Gasteiger partial charge in [-0.2, -0.15) is 0 Å². The second kappa shape index (κ2) is 7.80. The highest BCUT2D eigenvalue weighted by atomic mass is 19.1. The van der Waals surface area contributed by atoms with Gasteiger partial charge in [0.05, 0.1) is 12.2 Å². The zero-order chi connectivity index (χ0) is 19.5. The summed E-state index contributed by atoms with van der Waals surface area (Å²) in [5.41, 5.74) is 3.48. The lowest BCUT2D eigenvalue weighted by Crippen LogP contribution is -2.15. The summed E-state index contributed by atoms with van der Waals surface area (Å²) >= 11 is 0. The molecule has 1 aromatic heterocycles. The van der Waals surface area contributed by atoms with E-state index in [1.165, 1.54) is 18.3 Å². The first kappa shape index (κ1) is 18.2. The van der Waals surface area contributed by atoms with Crippen LogP contribution in [0.5, 0.6) is 5.75 Å². The smallest absolute Gasteiger partial charge is 0.336 e. The van der Waals surface area contributed by atoms with Crippen LogP contribution < -0.4 is 4.74 Å². The number of aromatic nitrogens is 1. The highest BCUT2D eigenvalue weighted by Crippen LogP contribution is 2.39. The Labute approximate surface area is 162 Å². The Kier molecular flexibility index (Phi) is 5.06. The fraction of sp³-hybridized carbons (Fsp3) is 0.217. The number of halogens is 1. The third-order valence-corrected chi connectivity index (χ3v) is 5.26. The van der Waals surface area contributed by atoms with Gasteiger partial charge >= 0.3 is 5.97 Å². The third-order valence-electron chi connectivity index (χ3n) is 5.26. The molecule has 1 aliphatic heterocycles. The second-order valence-electron chi connectivity index (χ2n) is 6.94. The molecule has 2 heterocycles. The summed E-state index contributed by atoms with van der Waals surface area (Å²) in [5.74, 6) is -0.145. The SMILES string of the molecule is O=C(O)c1ccncc1CC[C@@H]1CCOc2cc(-c3ccccc3F)ccc21. The van der Waals surface area contributed by atoms with E-state index < -0.39 is 5.97 Å². The number of ether oxygens (including phenoxy) is 1. The van der Waals surface area contributed by atoms with Crippen LogP contribution >= 0.6 is 0 Å². The molecular formula is C23H20FNO3. The lowest BCUT2D eigenvalue weighted by Gasteiger charge is -2.26. The van der Waals surface area contributed by atoms with Gasteiger partial charge in [0.15, 0.2) is 0 Å². The summed E-state index contributed by atoms with van der Waals surface area (Å²) in [5, 5.41) is 9.34. The molecular weight excluding hydrogens is 357 g/mol. The summed E-state index contributed by atoms with van der Waals surface area (Å²) in [4.78, 5) is 15.5. The Morgan fingerprint density at radius 3 is 2.89 bits per heavy atom. The van der Waals surface area contributed by atoms with Crippen LogP contribution in [0.3, 0.4) is 0 Å². The number of aryl methyl sites for hydroxylation is 1. The van der Waals surface area contributed by atoms with Crippen molar-refractivity contribution in [2.75, 3.05) is 6.61 Å². The monoisotopic (exact) mass is 377 g/mol. The molecule has 3 aromatic rings. The van der Waals surface area contributed by atoms with Crippen LogP contribution in [0.15, 0.2) is 60.9 Å². The number of benzene rings is 2. The van der Waals surface area contributed by atoms with Crippen molar-refractivity contribution in [1.29, 1.82) is 0 Å². The summed E-state index contributed by atoms with van der Waals surface area (Å²) in [7, 11) is 0. The number of fused-ring (bicyclic) bond motifs is 1. The van der Waals surface area contributed by atoms with Crippen LogP contribution in [-0.4, -0.2) is 22.7 Å². The van der Waals surface area contributed by atoms with Crippen molar-refractivity contribution in [3.63, 3.8) is 0 Å². The van der Waals surface area contributed by atoms with Crippen LogP contribution in [-0.2, 0) is 6.42 Å². The van der Waals surface area contributed by atoms with Crippen LogP contribution in [0, 0.1) is 5.82 Å². The predicted molar refractivity (Wildman–Crippen MR) is 104 cm³/mol. The maximum absolute atomic E-state index is 14.1. The zero-order valence-corrected chi connectivity index (χ0v) is 15.3. The molecule has 0 aliphatic carbocycles. The van der Waals surface area contributed by atoms with Crippen molar-refractivity contribution < 1.29 is 19.0 Å². The third kappa shape index (κ3) is 3.60. The number of nitrogens with zero attached hydrogens (tertiary/aromatic N) is 1. The highest BCUT2D eigenvalue weighted by molar-refractivity contribution is 5.89. The number of carbonyl (C=O) groups is 1. The zero-order valence-electron chi connectivity index (χ0n) is 15.3. The van der Waals surface area contributed by atoms with E-state index in [0.29, 0.717) is 24.2 Å². The molecule has 1 N–H and O–H groups in total. The molecule has 0 saturated heterocycles. The van der Waals surface area contributed by atoms with Crippen LogP contribution in [0.4, 0.5) is 4.39 Å². The molecule has 0 spiro atoms. The minimum atomic E-state index is -0.931. The molecule has 28 heavy (non-hydrogen) atoms. The molecule has 142 valence electrons. The van der Waals surface area contributed by atoms with Crippen molar-refractivity contribution in [2.45, 2.75) is 25.2 Å². The van der Waals surface area contributed by atoms with Gasteiger partial charge in [0.1, 0.15) is 11.6 Å². The number of carboxylic acids is 1. The Hall–Kier alpha value is -3.21. The quantitative estimate of drug-likeness (QED) is 0.673. The van der Waals surface area contributed by atoms with Crippen molar-refractivity contribution in [1.82, 2.24) is 4.98 Å². The van der Waals surface area contributed by atoms with E-state index in [2.05, 4.69) is 4.98 Å². The van der Waals surface area contributed by atoms with Gasteiger partial charge in [-0.15, -0.1) is 0 Å². The maximum Gasteiger partial charge on any atom is 0.336 e. The van der Waals surface area contributed by atoms with Gasteiger partial charge in [-0.05, 0) is 60.1 Å². The number of hydrogen-bond acceptors (Lipinski definition) is 3. The van der Waals surface area contributed by atoms with E-state index in [4.69, 9.17) is 4.74 Å². The average molecular weight is 377 g/mol. The van der Waals surface area contributed by atoms with Gasteiger partial charge in [-0.1, -0.05) is 30.3 Å². The van der Waals surface area contributed by atoms with E-state index in [1.54, 1.807) is 18.3 Å². The molecule has 0 radical (unpaired) electrons. The minimum Gasteiger partial charge on any atom is -0.493 e. The average Bonchev–Trinajstić information content (AvgIpc) is 2.72. The van der Waals surface area contributed by atoms with Gasteiger partial charge in [0, 0.05) is 18.0 Å². The number of aromatic carboxylic acids is 1. The molecule has 0 unspecified atom stereocenters. The van der Waals surface area contributed by atoms with Crippen molar-refractivity contribution in [2.24, 2.45) is 0 Å². The van der Waals surface area contributed by atoms with Gasteiger partial charge in [0.25, 0.3) is 0 Å². The van der Waals surface area contributed by atoms with E-state index in [0.717, 1.165) is 35.3 Å². The van der Waals surface area contributed by atoms with Crippen molar-refractivity contribution in [3.8, 4) is 16.9 Å². The van der Waals surface area contributed by atoms with Crippen LogP contribution in [0.1, 0.15) is 40.2 Å². The summed E-state index contributed by atoms with van der Waals surface area (Å²) in [6.07, 6.45) is 5.44. The van der Waals surface area contributed by atoms with E-state index in [1.807, 2.05) is 24.3 Å². The number of pyridine rings is 1. The Balaban J connectivity index is 1.57. The van der Waals surface area contributed by atoms with Crippen molar-refractivity contribution in [3.05, 3.63) is 83.4 Å². The van der Waals surface area contributed by atoms with Crippen LogP contribution in [0.25, 0.3) is 11.1 Å². The number of hydrogen-bond donors (Lipinski definition) is 1. The molecule has 4 rings (SSSR count). The molecule has 2 aromatic carbocycles. The Morgan fingerprint density at radius 1 is 1.21 bits per heavy atom. The van der Waals surface area contributed by atoms with Gasteiger partial charge in [-0.25, -0.2) is 9.18 Å². The molecule has 0 amide bonds. The molecule has 0 saturated carbocycles.